The first kappa shape index (κ1) is 14.0. The van der Waals surface area contributed by atoms with Crippen LogP contribution in [-0.4, -0.2) is 23.3 Å². The lowest BCUT2D eigenvalue weighted by molar-refractivity contribution is -0.384. The van der Waals surface area contributed by atoms with Gasteiger partial charge in [0.15, 0.2) is 0 Å². The number of hydrogen-bond donors (Lipinski definition) is 1. The topological polar surface area (TPSA) is 107 Å². The van der Waals surface area contributed by atoms with Gasteiger partial charge in [0.1, 0.15) is 5.69 Å². The van der Waals surface area contributed by atoms with Crippen LogP contribution >= 0.6 is 0 Å². The van der Waals surface area contributed by atoms with Crippen molar-refractivity contribution in [1.82, 2.24) is 0 Å². The van der Waals surface area contributed by atoms with Crippen molar-refractivity contribution in [3.05, 3.63) is 33.4 Å². The standard InChI is InChI=1S/C13H15N3O4/c1-7-3-4-10(16(19)20)12(8(7)2)15-6-9(13(14)18)5-11(15)17/h3-4,9H,5-6H2,1-2H3,(H2,14,18). The third-order valence-corrected chi connectivity index (χ3v) is 3.67. The first-order valence-corrected chi connectivity index (χ1v) is 6.17. The number of nitrogens with zero attached hydrogens (tertiary/aromatic N) is 2. The zero-order valence-corrected chi connectivity index (χ0v) is 11.3. The minimum Gasteiger partial charge on any atom is -0.369 e. The number of carbonyl (C=O) groups excluding carboxylic acids is 2. The number of nitrogens with two attached hydrogens (primary N) is 1. The molecule has 7 nitrogen and oxygen atoms in total. The summed E-state index contributed by atoms with van der Waals surface area (Å²) in [5.74, 6) is -1.47. The molecule has 1 aromatic rings. The third kappa shape index (κ3) is 2.22. The molecule has 1 aromatic carbocycles. The van der Waals surface area contributed by atoms with Gasteiger partial charge in [0.2, 0.25) is 11.8 Å². The quantitative estimate of drug-likeness (QED) is 0.658. The van der Waals surface area contributed by atoms with Gasteiger partial charge in [-0.25, -0.2) is 0 Å². The molecular formula is C13H15N3O4. The van der Waals surface area contributed by atoms with Crippen LogP contribution in [0.1, 0.15) is 17.5 Å². The molecule has 1 aliphatic heterocycles. The van der Waals surface area contributed by atoms with Crippen molar-refractivity contribution in [2.45, 2.75) is 20.3 Å². The highest BCUT2D eigenvalue weighted by Crippen LogP contribution is 2.37. The molecule has 2 rings (SSSR count). The Morgan fingerprint density at radius 3 is 2.60 bits per heavy atom. The summed E-state index contributed by atoms with van der Waals surface area (Å²) in [7, 11) is 0. The van der Waals surface area contributed by atoms with Crippen LogP contribution in [0.2, 0.25) is 0 Å². The number of hydrogen-bond acceptors (Lipinski definition) is 4. The number of primary amides is 1. The molecular weight excluding hydrogens is 262 g/mol. The summed E-state index contributed by atoms with van der Waals surface area (Å²) in [4.78, 5) is 35.1. The van der Waals surface area contributed by atoms with Gasteiger partial charge >= 0.3 is 0 Å². The molecule has 1 aliphatic rings. The molecule has 0 aliphatic carbocycles. The van der Waals surface area contributed by atoms with E-state index in [0.717, 1.165) is 5.56 Å². The van der Waals surface area contributed by atoms with Crippen LogP contribution < -0.4 is 10.6 Å². The lowest BCUT2D eigenvalue weighted by Crippen LogP contribution is -2.29. The minimum atomic E-state index is -0.595. The molecule has 20 heavy (non-hydrogen) atoms. The van der Waals surface area contributed by atoms with E-state index >= 15 is 0 Å². The molecule has 1 heterocycles. The number of anilines is 1. The second kappa shape index (κ2) is 4.92. The van der Waals surface area contributed by atoms with E-state index in [9.17, 15) is 19.7 Å². The van der Waals surface area contributed by atoms with Gasteiger partial charge in [-0.3, -0.25) is 19.7 Å². The number of nitro groups is 1. The first-order valence-electron chi connectivity index (χ1n) is 6.17. The first-order chi connectivity index (χ1) is 9.32. The van der Waals surface area contributed by atoms with Crippen molar-refractivity contribution in [1.29, 1.82) is 0 Å². The van der Waals surface area contributed by atoms with Crippen LogP contribution in [0.3, 0.4) is 0 Å². The SMILES string of the molecule is Cc1ccc([N+](=O)[O-])c(N2CC(C(N)=O)CC2=O)c1C. The summed E-state index contributed by atoms with van der Waals surface area (Å²) in [5.41, 5.74) is 6.86. The molecule has 106 valence electrons. The van der Waals surface area contributed by atoms with Crippen molar-refractivity contribution in [3.63, 3.8) is 0 Å². The molecule has 2 amide bonds. The second-order valence-electron chi connectivity index (χ2n) is 4.94. The average molecular weight is 277 g/mol. The monoisotopic (exact) mass is 277 g/mol. The zero-order chi connectivity index (χ0) is 15.0. The van der Waals surface area contributed by atoms with E-state index in [1.807, 2.05) is 6.92 Å². The fourth-order valence-corrected chi connectivity index (χ4v) is 2.39. The summed E-state index contributed by atoms with van der Waals surface area (Å²) in [6.07, 6.45) is -0.000129. The van der Waals surface area contributed by atoms with E-state index in [4.69, 9.17) is 5.73 Å². The van der Waals surface area contributed by atoms with Crippen LogP contribution in [0, 0.1) is 29.9 Å². The van der Waals surface area contributed by atoms with Crippen molar-refractivity contribution in [2.24, 2.45) is 11.7 Å². The maximum atomic E-state index is 12.0. The van der Waals surface area contributed by atoms with Crippen molar-refractivity contribution in [2.75, 3.05) is 11.4 Å². The number of amides is 2. The smallest absolute Gasteiger partial charge is 0.293 e. The van der Waals surface area contributed by atoms with E-state index in [1.54, 1.807) is 13.0 Å². The molecule has 1 saturated heterocycles. The van der Waals surface area contributed by atoms with E-state index in [2.05, 4.69) is 0 Å². The van der Waals surface area contributed by atoms with Gasteiger partial charge in [0, 0.05) is 19.0 Å². The molecule has 0 spiro atoms. The number of rotatable bonds is 3. The Morgan fingerprint density at radius 1 is 1.45 bits per heavy atom. The lowest BCUT2D eigenvalue weighted by atomic mass is 10.1. The molecule has 7 heteroatoms. The summed E-state index contributed by atoms with van der Waals surface area (Å²) < 4.78 is 0. The van der Waals surface area contributed by atoms with Gasteiger partial charge in [-0.15, -0.1) is 0 Å². The highest BCUT2D eigenvalue weighted by atomic mass is 16.6. The Hall–Kier alpha value is -2.44. The van der Waals surface area contributed by atoms with Gasteiger partial charge in [0.25, 0.3) is 5.69 Å². The van der Waals surface area contributed by atoms with Crippen molar-refractivity contribution in [3.8, 4) is 0 Å². The summed E-state index contributed by atoms with van der Waals surface area (Å²) >= 11 is 0. The Bertz CT molecular complexity index is 612. The molecule has 0 radical (unpaired) electrons. The van der Waals surface area contributed by atoms with E-state index in [1.165, 1.54) is 11.0 Å². The Labute approximate surface area is 115 Å². The fraction of sp³-hybridized carbons (Fsp3) is 0.385. The van der Waals surface area contributed by atoms with Crippen LogP contribution in [0.25, 0.3) is 0 Å². The number of nitro benzene ring substituents is 1. The molecule has 1 atom stereocenters. The molecule has 2 N–H and O–H groups in total. The van der Waals surface area contributed by atoms with Crippen LogP contribution in [-0.2, 0) is 9.59 Å². The largest absolute Gasteiger partial charge is 0.369 e. The third-order valence-electron chi connectivity index (χ3n) is 3.67. The van der Waals surface area contributed by atoms with Crippen LogP contribution in [0.5, 0.6) is 0 Å². The van der Waals surface area contributed by atoms with Gasteiger partial charge in [-0.05, 0) is 25.0 Å². The molecule has 0 aromatic heterocycles. The van der Waals surface area contributed by atoms with Crippen molar-refractivity contribution >= 4 is 23.2 Å². The predicted octanol–water partition coefficient (Wildman–Crippen LogP) is 1.05. The minimum absolute atomic E-state index is 0.000129. The number of benzene rings is 1. The van der Waals surface area contributed by atoms with Gasteiger partial charge in [0.05, 0.1) is 10.8 Å². The second-order valence-corrected chi connectivity index (χ2v) is 4.94. The number of carbonyl (C=O) groups is 2. The van der Waals surface area contributed by atoms with E-state index in [0.29, 0.717) is 5.56 Å². The maximum Gasteiger partial charge on any atom is 0.293 e. The fourth-order valence-electron chi connectivity index (χ4n) is 2.39. The van der Waals surface area contributed by atoms with Gasteiger partial charge in [-0.2, -0.15) is 0 Å². The summed E-state index contributed by atoms with van der Waals surface area (Å²) in [5, 5.41) is 11.1. The highest BCUT2D eigenvalue weighted by Gasteiger charge is 2.37. The summed E-state index contributed by atoms with van der Waals surface area (Å²) in [6, 6.07) is 3.02. The Kier molecular flexibility index (Phi) is 3.44. The molecule has 0 bridgehead atoms. The number of aryl methyl sites for hydroxylation is 1. The molecule has 0 saturated carbocycles. The van der Waals surface area contributed by atoms with Crippen LogP contribution in [0.15, 0.2) is 12.1 Å². The van der Waals surface area contributed by atoms with Gasteiger partial charge < -0.3 is 10.6 Å². The van der Waals surface area contributed by atoms with Crippen molar-refractivity contribution < 1.29 is 14.5 Å². The highest BCUT2D eigenvalue weighted by molar-refractivity contribution is 6.02. The Balaban J connectivity index is 2.52. The lowest BCUT2D eigenvalue weighted by Gasteiger charge is -2.19. The Morgan fingerprint density at radius 2 is 2.10 bits per heavy atom. The maximum absolute atomic E-state index is 12.0. The van der Waals surface area contributed by atoms with Gasteiger partial charge in [-0.1, -0.05) is 6.07 Å². The average Bonchev–Trinajstić information content (AvgIpc) is 2.74. The van der Waals surface area contributed by atoms with Crippen LogP contribution in [0.4, 0.5) is 11.4 Å². The predicted molar refractivity (Wildman–Crippen MR) is 72.2 cm³/mol. The normalized spacial score (nSPS) is 18.4. The van der Waals surface area contributed by atoms with E-state index in [-0.39, 0.29) is 30.2 Å². The molecule has 1 fully saturated rings. The summed E-state index contributed by atoms with van der Waals surface area (Å²) in [6.45, 7) is 3.64. The molecule has 1 unspecified atom stereocenters. The van der Waals surface area contributed by atoms with E-state index < -0.39 is 16.7 Å². The zero-order valence-electron chi connectivity index (χ0n) is 11.3.